The molecule has 18 heavy (non-hydrogen) atoms. The lowest BCUT2D eigenvalue weighted by atomic mass is 9.99. The van der Waals surface area contributed by atoms with Crippen LogP contribution >= 0.6 is 0 Å². The van der Waals surface area contributed by atoms with Gasteiger partial charge in [0, 0.05) is 18.0 Å². The summed E-state index contributed by atoms with van der Waals surface area (Å²) in [7, 11) is 0. The molecule has 0 aliphatic rings. The maximum Gasteiger partial charge on any atom is 0.0999 e. The minimum atomic E-state index is 0.643. The van der Waals surface area contributed by atoms with Crippen molar-refractivity contribution in [3.8, 4) is 17.2 Å². The van der Waals surface area contributed by atoms with Crippen molar-refractivity contribution in [3.63, 3.8) is 0 Å². The van der Waals surface area contributed by atoms with E-state index >= 15 is 0 Å². The van der Waals surface area contributed by atoms with Crippen molar-refractivity contribution in [2.24, 2.45) is 0 Å². The molecular weight excluding hydrogens is 220 g/mol. The van der Waals surface area contributed by atoms with E-state index in [2.05, 4.69) is 23.2 Å². The molecule has 0 atom stereocenters. The molecule has 2 nitrogen and oxygen atoms in total. The Balaban J connectivity index is 2.23. The van der Waals surface area contributed by atoms with Gasteiger partial charge >= 0.3 is 0 Å². The lowest BCUT2D eigenvalue weighted by molar-refractivity contribution is 1.31. The summed E-state index contributed by atoms with van der Waals surface area (Å²) in [6.07, 6.45) is 3.36. The molecule has 2 aromatic carbocycles. The number of nitriles is 1. The zero-order valence-corrected chi connectivity index (χ0v) is 9.59. The van der Waals surface area contributed by atoms with Crippen molar-refractivity contribution in [1.82, 2.24) is 4.98 Å². The summed E-state index contributed by atoms with van der Waals surface area (Å²) in [6.45, 7) is 0. The molecule has 0 bridgehead atoms. The van der Waals surface area contributed by atoms with E-state index in [4.69, 9.17) is 5.26 Å². The summed E-state index contributed by atoms with van der Waals surface area (Å²) in [5.74, 6) is 0. The van der Waals surface area contributed by atoms with Crippen LogP contribution in [0.2, 0.25) is 0 Å². The first-order valence-electron chi connectivity index (χ1n) is 5.63. The molecule has 0 aliphatic carbocycles. The van der Waals surface area contributed by atoms with Crippen molar-refractivity contribution >= 4 is 10.8 Å². The van der Waals surface area contributed by atoms with Crippen LogP contribution in [-0.4, -0.2) is 4.98 Å². The Kier molecular flexibility index (Phi) is 2.51. The second kappa shape index (κ2) is 4.31. The van der Waals surface area contributed by atoms with Crippen LogP contribution in [0.4, 0.5) is 0 Å². The number of hydrogen-bond donors (Lipinski definition) is 0. The van der Waals surface area contributed by atoms with Gasteiger partial charge in [-0.15, -0.1) is 0 Å². The fourth-order valence-electron chi connectivity index (χ4n) is 2.02. The fraction of sp³-hybridized carbons (Fsp3) is 0. The van der Waals surface area contributed by atoms with E-state index in [0.29, 0.717) is 5.56 Å². The van der Waals surface area contributed by atoms with Gasteiger partial charge in [-0.2, -0.15) is 5.26 Å². The third-order valence-corrected chi connectivity index (χ3v) is 2.94. The van der Waals surface area contributed by atoms with E-state index in [1.54, 1.807) is 18.5 Å². The highest BCUT2D eigenvalue weighted by Crippen LogP contribution is 2.26. The molecule has 1 radical (unpaired) electrons. The highest BCUT2D eigenvalue weighted by molar-refractivity contribution is 5.87. The maximum absolute atomic E-state index is 9.11. The summed E-state index contributed by atoms with van der Waals surface area (Å²) < 4.78 is 0. The molecule has 1 heterocycles. The van der Waals surface area contributed by atoms with Gasteiger partial charge in [0.25, 0.3) is 0 Å². The Morgan fingerprint density at radius 2 is 2.06 bits per heavy atom. The van der Waals surface area contributed by atoms with E-state index < -0.39 is 0 Å². The number of aromatic nitrogens is 1. The Labute approximate surface area is 105 Å². The normalized spacial score (nSPS) is 10.2. The van der Waals surface area contributed by atoms with E-state index in [1.807, 2.05) is 30.3 Å². The molecule has 0 saturated carbocycles. The van der Waals surface area contributed by atoms with Crippen LogP contribution in [0.3, 0.4) is 0 Å². The summed E-state index contributed by atoms with van der Waals surface area (Å²) in [6, 6.07) is 19.0. The van der Waals surface area contributed by atoms with Crippen molar-refractivity contribution in [1.29, 1.82) is 5.26 Å². The van der Waals surface area contributed by atoms with Gasteiger partial charge in [-0.3, -0.25) is 4.98 Å². The average molecular weight is 229 g/mol. The zero-order chi connectivity index (χ0) is 12.4. The second-order valence-electron chi connectivity index (χ2n) is 4.02. The lowest BCUT2D eigenvalue weighted by Gasteiger charge is -2.05. The molecule has 0 N–H and O–H groups in total. The second-order valence-corrected chi connectivity index (χ2v) is 4.02. The molecule has 0 unspecified atom stereocenters. The van der Waals surface area contributed by atoms with Crippen LogP contribution in [0.15, 0.2) is 54.9 Å². The highest BCUT2D eigenvalue weighted by Gasteiger charge is 2.05. The molecule has 0 amide bonds. The Morgan fingerprint density at radius 1 is 1.11 bits per heavy atom. The van der Waals surface area contributed by atoms with Crippen molar-refractivity contribution in [2.75, 3.05) is 0 Å². The van der Waals surface area contributed by atoms with Crippen molar-refractivity contribution in [3.05, 3.63) is 66.5 Å². The largest absolute Gasteiger partial charge is 0.264 e. The summed E-state index contributed by atoms with van der Waals surface area (Å²) in [4.78, 5) is 4.09. The van der Waals surface area contributed by atoms with Gasteiger partial charge in [0.2, 0.25) is 0 Å². The average Bonchev–Trinajstić information content (AvgIpc) is 2.46. The van der Waals surface area contributed by atoms with Crippen molar-refractivity contribution in [2.45, 2.75) is 0 Å². The van der Waals surface area contributed by atoms with Gasteiger partial charge in [-0.05, 0) is 40.6 Å². The molecule has 3 aromatic rings. The van der Waals surface area contributed by atoms with E-state index in [9.17, 15) is 0 Å². The lowest BCUT2D eigenvalue weighted by Crippen LogP contribution is -1.86. The molecule has 0 spiro atoms. The van der Waals surface area contributed by atoms with Crippen LogP contribution < -0.4 is 0 Å². The van der Waals surface area contributed by atoms with E-state index in [1.165, 1.54) is 5.39 Å². The third kappa shape index (κ3) is 1.72. The number of nitrogens with zero attached hydrogens (tertiary/aromatic N) is 2. The van der Waals surface area contributed by atoms with Gasteiger partial charge in [0.15, 0.2) is 0 Å². The first-order chi connectivity index (χ1) is 8.88. The van der Waals surface area contributed by atoms with Crippen LogP contribution in [-0.2, 0) is 0 Å². The third-order valence-electron chi connectivity index (χ3n) is 2.94. The highest BCUT2D eigenvalue weighted by atomic mass is 14.6. The van der Waals surface area contributed by atoms with Crippen LogP contribution in [0, 0.1) is 17.4 Å². The summed E-state index contributed by atoms with van der Waals surface area (Å²) in [5, 5.41) is 11.4. The number of fused-ring (bicyclic) bond motifs is 1. The van der Waals surface area contributed by atoms with Gasteiger partial charge in [0.05, 0.1) is 11.6 Å². The van der Waals surface area contributed by atoms with Gasteiger partial charge in [-0.25, -0.2) is 0 Å². The minimum absolute atomic E-state index is 0.643. The van der Waals surface area contributed by atoms with Crippen molar-refractivity contribution < 1.29 is 0 Å². The monoisotopic (exact) mass is 229 g/mol. The summed E-state index contributed by atoms with van der Waals surface area (Å²) >= 11 is 0. The smallest absolute Gasteiger partial charge is 0.0999 e. The van der Waals surface area contributed by atoms with Gasteiger partial charge in [-0.1, -0.05) is 24.3 Å². The van der Waals surface area contributed by atoms with Gasteiger partial charge in [0.1, 0.15) is 0 Å². The molecule has 2 heteroatoms. The van der Waals surface area contributed by atoms with E-state index in [-0.39, 0.29) is 0 Å². The Morgan fingerprint density at radius 3 is 2.94 bits per heavy atom. The fourth-order valence-corrected chi connectivity index (χ4v) is 2.02. The van der Waals surface area contributed by atoms with Crippen LogP contribution in [0.5, 0.6) is 0 Å². The minimum Gasteiger partial charge on any atom is -0.264 e. The molecule has 3 rings (SSSR count). The topological polar surface area (TPSA) is 36.7 Å². The van der Waals surface area contributed by atoms with Crippen LogP contribution in [0.25, 0.3) is 21.9 Å². The van der Waals surface area contributed by atoms with E-state index in [0.717, 1.165) is 16.5 Å². The first kappa shape index (κ1) is 10.5. The molecule has 83 valence electrons. The van der Waals surface area contributed by atoms with Gasteiger partial charge < -0.3 is 0 Å². The molecule has 0 aliphatic heterocycles. The number of benzene rings is 2. The summed E-state index contributed by atoms with van der Waals surface area (Å²) in [5.41, 5.74) is 2.52. The zero-order valence-electron chi connectivity index (χ0n) is 9.59. The maximum atomic E-state index is 9.11. The SMILES string of the molecule is N#Cc1ccncc1-c1ccc2cc[c]cc2c1. The molecular formula is C16H9N2. The quantitative estimate of drug-likeness (QED) is 0.639. The Bertz CT molecular complexity index is 754. The predicted molar refractivity (Wildman–Crippen MR) is 70.7 cm³/mol. The standard InChI is InChI=1S/C16H9N2/c17-10-15-7-8-18-11-16(15)14-6-5-12-3-1-2-4-13(12)9-14/h1,3-9,11H. The van der Waals surface area contributed by atoms with Crippen LogP contribution in [0.1, 0.15) is 5.56 Å². The number of rotatable bonds is 1. The number of pyridine rings is 1. The first-order valence-corrected chi connectivity index (χ1v) is 5.63. The molecule has 0 saturated heterocycles. The number of hydrogen-bond acceptors (Lipinski definition) is 2. The molecule has 0 fully saturated rings. The Hall–Kier alpha value is -2.66. The molecule has 1 aromatic heterocycles. The predicted octanol–water partition coefficient (Wildman–Crippen LogP) is 3.57.